The molecule has 1 fully saturated rings. The first kappa shape index (κ1) is 23.4. The van der Waals surface area contributed by atoms with Crippen molar-refractivity contribution < 1.29 is 26.0 Å². The summed E-state index contributed by atoms with van der Waals surface area (Å²) in [4.78, 5) is 12.9. The van der Waals surface area contributed by atoms with Crippen LogP contribution in [0.2, 0.25) is 0 Å². The van der Waals surface area contributed by atoms with E-state index in [1.807, 2.05) is 6.07 Å². The van der Waals surface area contributed by atoms with Crippen molar-refractivity contribution in [3.05, 3.63) is 29.8 Å². The minimum Gasteiger partial charge on any atom is -0.320 e. The molecule has 1 saturated carbocycles. The minimum atomic E-state index is -3.94. The minimum absolute atomic E-state index is 0.0561. The van der Waals surface area contributed by atoms with E-state index in [9.17, 15) is 26.0 Å². The molecule has 1 aliphatic carbocycles. The molecule has 1 aromatic carbocycles. The molecule has 0 heterocycles. The number of halogens is 1. The molecule has 10 heteroatoms. The number of ketones is 1. The smallest absolute Gasteiger partial charge is 0.175 e. The van der Waals surface area contributed by atoms with E-state index in [4.69, 9.17) is 11.0 Å². The van der Waals surface area contributed by atoms with Crippen LogP contribution in [-0.4, -0.2) is 45.8 Å². The second-order valence-corrected chi connectivity index (χ2v) is 12.7. The summed E-state index contributed by atoms with van der Waals surface area (Å²) in [6, 6.07) is 5.91. The molecule has 0 saturated heterocycles. The van der Waals surface area contributed by atoms with Crippen LogP contribution in [0.3, 0.4) is 0 Å². The second kappa shape index (κ2) is 8.13. The predicted octanol–water partition coefficient (Wildman–Crippen LogP) is 1.57. The van der Waals surface area contributed by atoms with Gasteiger partial charge in [0.25, 0.3) is 0 Å². The number of Topliss-reactive ketones (excluding diaryl/α,β-unsaturated/α-hetero) is 1. The molecule has 1 aromatic rings. The zero-order chi connectivity index (χ0) is 22.2. The molecule has 0 bridgehead atoms. The van der Waals surface area contributed by atoms with Gasteiger partial charge in [0, 0.05) is 12.2 Å². The third kappa shape index (κ3) is 4.85. The lowest BCUT2D eigenvalue weighted by molar-refractivity contribution is -0.125. The molecule has 0 aromatic heterocycles. The second-order valence-electron chi connectivity index (χ2n) is 8.07. The molecule has 1 aliphatic rings. The number of alkyl halides is 1. The number of hydrogen-bond acceptors (Lipinski definition) is 7. The van der Waals surface area contributed by atoms with E-state index in [1.54, 1.807) is 0 Å². The summed E-state index contributed by atoms with van der Waals surface area (Å²) in [5.74, 6) is -2.81. The molecule has 4 atom stereocenters. The highest BCUT2D eigenvalue weighted by atomic mass is 32.2. The number of rotatable bonds is 7. The number of nitrogens with zero attached hydrogens (tertiary/aromatic N) is 1. The fraction of sp³-hybridized carbons (Fsp3) is 0.579. The van der Waals surface area contributed by atoms with Gasteiger partial charge in [0.05, 0.1) is 33.4 Å². The first-order valence-corrected chi connectivity index (χ1v) is 12.6. The number of sulfone groups is 2. The lowest BCUT2D eigenvalue weighted by atomic mass is 9.85. The average Bonchev–Trinajstić information content (AvgIpc) is 3.00. The highest BCUT2D eigenvalue weighted by Crippen LogP contribution is 2.37. The summed E-state index contributed by atoms with van der Waals surface area (Å²) in [6.07, 6.45) is -0.423. The predicted molar refractivity (Wildman–Crippen MR) is 106 cm³/mol. The summed E-state index contributed by atoms with van der Waals surface area (Å²) in [5.41, 5.74) is 6.37. The zero-order valence-corrected chi connectivity index (χ0v) is 18.1. The quantitative estimate of drug-likeness (QED) is 0.674. The van der Waals surface area contributed by atoms with Gasteiger partial charge in [-0.3, -0.25) is 4.79 Å². The lowest BCUT2D eigenvalue weighted by Gasteiger charge is -2.32. The molecule has 1 unspecified atom stereocenters. The van der Waals surface area contributed by atoms with Gasteiger partial charge in [-0.2, -0.15) is 5.26 Å². The zero-order valence-electron chi connectivity index (χ0n) is 16.5. The van der Waals surface area contributed by atoms with E-state index in [2.05, 4.69) is 0 Å². The Kier molecular flexibility index (Phi) is 6.57. The topological polar surface area (TPSA) is 135 Å². The third-order valence-electron chi connectivity index (χ3n) is 5.60. The monoisotopic (exact) mass is 444 g/mol. The van der Waals surface area contributed by atoms with Gasteiger partial charge in [0.15, 0.2) is 25.5 Å². The number of benzene rings is 1. The van der Waals surface area contributed by atoms with E-state index >= 15 is 0 Å². The maximum atomic E-state index is 13.7. The Morgan fingerprint density at radius 3 is 2.28 bits per heavy atom. The number of hydrogen-bond donors (Lipinski definition) is 1. The van der Waals surface area contributed by atoms with Crippen molar-refractivity contribution >= 4 is 25.5 Å². The number of nitrogens with two attached hydrogens (primary N) is 1. The van der Waals surface area contributed by atoms with Crippen LogP contribution in [0.1, 0.15) is 32.3 Å². The molecule has 0 radical (unpaired) electrons. The molecule has 160 valence electrons. The van der Waals surface area contributed by atoms with Crippen LogP contribution in [0, 0.1) is 23.2 Å². The summed E-state index contributed by atoms with van der Waals surface area (Å²) in [5, 5.41) is 9.15. The van der Waals surface area contributed by atoms with Gasteiger partial charge in [-0.1, -0.05) is 12.1 Å². The van der Waals surface area contributed by atoms with Crippen LogP contribution in [0.5, 0.6) is 0 Å². The fourth-order valence-electron chi connectivity index (χ4n) is 3.44. The van der Waals surface area contributed by atoms with Crippen LogP contribution in [0.25, 0.3) is 0 Å². The molecule has 7 nitrogen and oxygen atoms in total. The molecule has 2 N–H and O–H groups in total. The van der Waals surface area contributed by atoms with Crippen LogP contribution in [-0.2, 0) is 30.2 Å². The van der Waals surface area contributed by atoms with Crippen molar-refractivity contribution in [2.45, 2.75) is 54.3 Å². The standard InChI is InChI=1S/C19H25FN2O5S2/c1-19(2,18(22)17(23)16-9-14(20)8-13(16)10-21)29(26,27)11-12-4-6-15(7-5-12)28(3,24)25/h4-7,13-14,16,18H,8-9,11,22H2,1-3H3/t13-,14-,16?,18+/m0/s1. The summed E-state index contributed by atoms with van der Waals surface area (Å²) >= 11 is 0. The normalized spacial score (nSPS) is 24.1. The highest BCUT2D eigenvalue weighted by molar-refractivity contribution is 7.92. The Hall–Kier alpha value is -1.83. The SMILES string of the molecule is CC(C)([C@H](N)C(=O)C1C[C@@H](F)C[C@H]1C#N)S(=O)(=O)Cc1ccc(S(C)(=O)=O)cc1. The van der Waals surface area contributed by atoms with Gasteiger partial charge < -0.3 is 5.73 Å². The van der Waals surface area contributed by atoms with E-state index in [1.165, 1.54) is 38.1 Å². The Labute approximate surface area is 170 Å². The van der Waals surface area contributed by atoms with Crippen LogP contribution < -0.4 is 5.73 Å². The largest absolute Gasteiger partial charge is 0.320 e. The summed E-state index contributed by atoms with van der Waals surface area (Å²) < 4.78 is 61.0. The van der Waals surface area contributed by atoms with E-state index in [0.717, 1.165) is 6.26 Å². The van der Waals surface area contributed by atoms with Gasteiger partial charge in [-0.25, -0.2) is 21.2 Å². The van der Waals surface area contributed by atoms with E-state index in [-0.39, 0.29) is 17.7 Å². The van der Waals surface area contributed by atoms with Crippen LogP contribution in [0.15, 0.2) is 29.2 Å². The van der Waals surface area contributed by atoms with E-state index < -0.39 is 60.0 Å². The summed E-state index contributed by atoms with van der Waals surface area (Å²) in [6.45, 7) is 2.66. The fourth-order valence-corrected chi connectivity index (χ4v) is 5.57. The molecular formula is C19H25FN2O5S2. The third-order valence-corrected chi connectivity index (χ3v) is 9.30. The van der Waals surface area contributed by atoms with Crippen molar-refractivity contribution in [2.24, 2.45) is 17.6 Å². The van der Waals surface area contributed by atoms with E-state index in [0.29, 0.717) is 5.56 Å². The summed E-state index contributed by atoms with van der Waals surface area (Å²) in [7, 11) is -7.35. The molecule has 2 rings (SSSR count). The van der Waals surface area contributed by atoms with Crippen molar-refractivity contribution in [3.8, 4) is 6.07 Å². The Morgan fingerprint density at radius 1 is 1.24 bits per heavy atom. The van der Waals surface area contributed by atoms with Crippen molar-refractivity contribution in [2.75, 3.05) is 6.26 Å². The lowest BCUT2D eigenvalue weighted by Crippen LogP contribution is -2.56. The van der Waals surface area contributed by atoms with Crippen LogP contribution in [0.4, 0.5) is 4.39 Å². The van der Waals surface area contributed by atoms with Gasteiger partial charge in [-0.15, -0.1) is 0 Å². The van der Waals surface area contributed by atoms with Gasteiger partial charge >= 0.3 is 0 Å². The Bertz CT molecular complexity index is 1030. The van der Waals surface area contributed by atoms with Crippen molar-refractivity contribution in [1.82, 2.24) is 0 Å². The van der Waals surface area contributed by atoms with Crippen LogP contribution >= 0.6 is 0 Å². The molecule has 0 amide bonds. The molecule has 29 heavy (non-hydrogen) atoms. The maximum Gasteiger partial charge on any atom is 0.175 e. The number of carbonyl (C=O) groups is 1. The van der Waals surface area contributed by atoms with Gasteiger partial charge in [0.2, 0.25) is 0 Å². The molecular weight excluding hydrogens is 419 g/mol. The Balaban J connectivity index is 2.24. The molecule has 0 spiro atoms. The van der Waals surface area contributed by atoms with Crippen molar-refractivity contribution in [3.63, 3.8) is 0 Å². The first-order valence-electron chi connectivity index (χ1n) is 9.05. The Morgan fingerprint density at radius 2 is 1.79 bits per heavy atom. The van der Waals surface area contributed by atoms with Crippen molar-refractivity contribution in [1.29, 1.82) is 5.26 Å². The van der Waals surface area contributed by atoms with Gasteiger partial charge in [0.1, 0.15) is 6.17 Å². The average molecular weight is 445 g/mol. The number of carbonyl (C=O) groups excluding carboxylic acids is 1. The molecule has 0 aliphatic heterocycles. The maximum absolute atomic E-state index is 13.7. The first-order chi connectivity index (χ1) is 13.2. The number of nitriles is 1. The van der Waals surface area contributed by atoms with Gasteiger partial charge in [-0.05, 0) is 44.4 Å². The highest BCUT2D eigenvalue weighted by Gasteiger charge is 2.48.